The Morgan fingerprint density at radius 2 is 2.29 bits per heavy atom. The molecule has 80 valence electrons. The summed E-state index contributed by atoms with van der Waals surface area (Å²) in [6.45, 7) is 8.68. The SMILES string of the molecule is CCOC(C)(C)c1nc(C(C)N)cs1. The maximum absolute atomic E-state index is 5.75. The van der Waals surface area contributed by atoms with E-state index in [0.29, 0.717) is 6.61 Å². The fourth-order valence-corrected chi connectivity index (χ4v) is 2.19. The van der Waals surface area contributed by atoms with Crippen LogP contribution in [0.25, 0.3) is 0 Å². The van der Waals surface area contributed by atoms with Crippen LogP contribution in [0.4, 0.5) is 0 Å². The molecule has 1 atom stereocenters. The molecule has 0 radical (unpaired) electrons. The molecular weight excluding hydrogens is 196 g/mol. The van der Waals surface area contributed by atoms with Crippen molar-refractivity contribution in [2.45, 2.75) is 39.3 Å². The molecule has 0 aliphatic heterocycles. The van der Waals surface area contributed by atoms with Crippen LogP contribution < -0.4 is 5.73 Å². The second-order valence-electron chi connectivity index (χ2n) is 3.81. The number of rotatable bonds is 4. The molecule has 1 aromatic heterocycles. The maximum atomic E-state index is 5.75. The molecule has 0 fully saturated rings. The third-order valence-electron chi connectivity index (χ3n) is 2.01. The van der Waals surface area contributed by atoms with E-state index in [4.69, 9.17) is 10.5 Å². The molecule has 0 saturated carbocycles. The van der Waals surface area contributed by atoms with E-state index in [0.717, 1.165) is 10.7 Å². The minimum atomic E-state index is -0.299. The van der Waals surface area contributed by atoms with Crippen LogP contribution in [0.1, 0.15) is 44.4 Å². The third-order valence-corrected chi connectivity index (χ3v) is 3.17. The van der Waals surface area contributed by atoms with Crippen LogP contribution >= 0.6 is 11.3 Å². The summed E-state index contributed by atoms with van der Waals surface area (Å²) in [5.74, 6) is 0. The summed E-state index contributed by atoms with van der Waals surface area (Å²) in [7, 11) is 0. The Kier molecular flexibility index (Phi) is 3.64. The molecule has 14 heavy (non-hydrogen) atoms. The topological polar surface area (TPSA) is 48.1 Å². The largest absolute Gasteiger partial charge is 0.369 e. The lowest BCUT2D eigenvalue weighted by Crippen LogP contribution is -2.21. The first kappa shape index (κ1) is 11.6. The predicted molar refractivity (Wildman–Crippen MR) is 59.4 cm³/mol. The molecule has 0 spiro atoms. The van der Waals surface area contributed by atoms with Gasteiger partial charge in [0.15, 0.2) is 0 Å². The zero-order chi connectivity index (χ0) is 10.8. The highest BCUT2D eigenvalue weighted by Crippen LogP contribution is 2.28. The Hall–Kier alpha value is -0.450. The monoisotopic (exact) mass is 214 g/mol. The van der Waals surface area contributed by atoms with Crippen molar-refractivity contribution in [1.29, 1.82) is 0 Å². The first-order valence-corrected chi connectivity index (χ1v) is 5.70. The lowest BCUT2D eigenvalue weighted by Gasteiger charge is -2.21. The van der Waals surface area contributed by atoms with Crippen molar-refractivity contribution in [3.63, 3.8) is 0 Å². The highest BCUT2D eigenvalue weighted by atomic mass is 32.1. The van der Waals surface area contributed by atoms with Gasteiger partial charge in [-0.3, -0.25) is 0 Å². The van der Waals surface area contributed by atoms with Crippen molar-refractivity contribution < 1.29 is 4.74 Å². The minimum absolute atomic E-state index is 0.00238. The smallest absolute Gasteiger partial charge is 0.124 e. The van der Waals surface area contributed by atoms with E-state index in [-0.39, 0.29) is 11.6 Å². The number of ether oxygens (including phenoxy) is 1. The molecular formula is C10H18N2OS. The van der Waals surface area contributed by atoms with Crippen LogP contribution in [-0.2, 0) is 10.3 Å². The molecule has 0 aromatic carbocycles. The number of hydrogen-bond acceptors (Lipinski definition) is 4. The molecule has 4 heteroatoms. The number of nitrogens with two attached hydrogens (primary N) is 1. The van der Waals surface area contributed by atoms with Gasteiger partial charge in [0, 0.05) is 18.0 Å². The Balaban J connectivity index is 2.85. The normalized spacial score (nSPS) is 14.4. The highest BCUT2D eigenvalue weighted by molar-refractivity contribution is 7.09. The van der Waals surface area contributed by atoms with Crippen LogP contribution in [0.3, 0.4) is 0 Å². The van der Waals surface area contributed by atoms with Crippen molar-refractivity contribution in [2.75, 3.05) is 6.61 Å². The average molecular weight is 214 g/mol. The maximum Gasteiger partial charge on any atom is 0.124 e. The van der Waals surface area contributed by atoms with Crippen LogP contribution in [0, 0.1) is 0 Å². The Bertz CT molecular complexity index is 294. The summed E-state index contributed by atoms with van der Waals surface area (Å²) in [5, 5.41) is 2.99. The number of thiazole rings is 1. The molecule has 2 N–H and O–H groups in total. The average Bonchev–Trinajstić information content (AvgIpc) is 2.51. The van der Waals surface area contributed by atoms with E-state index in [1.54, 1.807) is 11.3 Å². The highest BCUT2D eigenvalue weighted by Gasteiger charge is 2.24. The van der Waals surface area contributed by atoms with Crippen LogP contribution in [-0.4, -0.2) is 11.6 Å². The van der Waals surface area contributed by atoms with Gasteiger partial charge in [-0.1, -0.05) is 0 Å². The van der Waals surface area contributed by atoms with Gasteiger partial charge in [-0.05, 0) is 27.7 Å². The molecule has 1 unspecified atom stereocenters. The summed E-state index contributed by atoms with van der Waals surface area (Å²) < 4.78 is 5.62. The quantitative estimate of drug-likeness (QED) is 0.837. The van der Waals surface area contributed by atoms with E-state index in [1.807, 2.05) is 33.1 Å². The van der Waals surface area contributed by atoms with Gasteiger partial charge in [-0.25, -0.2) is 4.98 Å². The van der Waals surface area contributed by atoms with E-state index in [2.05, 4.69) is 4.98 Å². The lowest BCUT2D eigenvalue weighted by molar-refractivity contribution is -0.0142. The van der Waals surface area contributed by atoms with E-state index in [9.17, 15) is 0 Å². The zero-order valence-corrected chi connectivity index (χ0v) is 10.0. The summed E-state index contributed by atoms with van der Waals surface area (Å²) in [4.78, 5) is 4.47. The van der Waals surface area contributed by atoms with Crippen LogP contribution in [0.15, 0.2) is 5.38 Å². The number of hydrogen-bond donors (Lipinski definition) is 1. The Labute approximate surface area is 89.3 Å². The molecule has 0 amide bonds. The fourth-order valence-electron chi connectivity index (χ4n) is 1.19. The lowest BCUT2D eigenvalue weighted by atomic mass is 10.1. The standard InChI is InChI=1S/C10H18N2OS/c1-5-13-10(3,4)9-12-8(6-14-9)7(2)11/h6-7H,5,11H2,1-4H3. The Morgan fingerprint density at radius 1 is 1.64 bits per heavy atom. The van der Waals surface area contributed by atoms with E-state index in [1.165, 1.54) is 0 Å². The molecule has 0 aliphatic carbocycles. The summed E-state index contributed by atoms with van der Waals surface area (Å²) in [6.07, 6.45) is 0. The van der Waals surface area contributed by atoms with Gasteiger partial charge in [0.05, 0.1) is 5.69 Å². The molecule has 0 saturated heterocycles. The van der Waals surface area contributed by atoms with Gasteiger partial charge in [0.1, 0.15) is 10.6 Å². The third kappa shape index (κ3) is 2.53. The minimum Gasteiger partial charge on any atom is -0.369 e. The molecule has 3 nitrogen and oxygen atoms in total. The van der Waals surface area contributed by atoms with Crippen LogP contribution in [0.2, 0.25) is 0 Å². The van der Waals surface area contributed by atoms with Crippen LogP contribution in [0.5, 0.6) is 0 Å². The fraction of sp³-hybridized carbons (Fsp3) is 0.700. The number of nitrogens with zero attached hydrogens (tertiary/aromatic N) is 1. The first-order chi connectivity index (χ1) is 6.47. The van der Waals surface area contributed by atoms with E-state index >= 15 is 0 Å². The second kappa shape index (κ2) is 4.38. The van der Waals surface area contributed by atoms with Crippen molar-refractivity contribution in [1.82, 2.24) is 4.98 Å². The van der Waals surface area contributed by atoms with E-state index < -0.39 is 0 Å². The molecule has 0 aliphatic rings. The summed E-state index contributed by atoms with van der Waals surface area (Å²) in [6, 6.07) is -0.00238. The summed E-state index contributed by atoms with van der Waals surface area (Å²) >= 11 is 1.61. The molecule has 1 rings (SSSR count). The first-order valence-electron chi connectivity index (χ1n) is 4.82. The molecule has 1 aromatic rings. The van der Waals surface area contributed by atoms with Gasteiger partial charge in [0.2, 0.25) is 0 Å². The van der Waals surface area contributed by atoms with Crippen molar-refractivity contribution in [3.05, 3.63) is 16.1 Å². The van der Waals surface area contributed by atoms with Crippen molar-refractivity contribution in [2.24, 2.45) is 5.73 Å². The predicted octanol–water partition coefficient (Wildman–Crippen LogP) is 2.43. The van der Waals surface area contributed by atoms with Gasteiger partial charge >= 0.3 is 0 Å². The Morgan fingerprint density at radius 3 is 2.71 bits per heavy atom. The zero-order valence-electron chi connectivity index (χ0n) is 9.20. The van der Waals surface area contributed by atoms with Gasteiger partial charge in [-0.15, -0.1) is 11.3 Å². The summed E-state index contributed by atoms with van der Waals surface area (Å²) in [5.41, 5.74) is 6.39. The van der Waals surface area contributed by atoms with Gasteiger partial charge < -0.3 is 10.5 Å². The van der Waals surface area contributed by atoms with Crippen molar-refractivity contribution in [3.8, 4) is 0 Å². The van der Waals surface area contributed by atoms with Crippen molar-refractivity contribution >= 4 is 11.3 Å². The number of aromatic nitrogens is 1. The second-order valence-corrected chi connectivity index (χ2v) is 4.67. The molecule has 1 heterocycles. The van der Waals surface area contributed by atoms with Gasteiger partial charge in [0.25, 0.3) is 0 Å². The molecule has 0 bridgehead atoms. The van der Waals surface area contributed by atoms with Gasteiger partial charge in [-0.2, -0.15) is 0 Å².